The molecule has 2 rings (SSSR count). The van der Waals surface area contributed by atoms with Gasteiger partial charge in [-0.1, -0.05) is 0 Å². The number of aliphatic imine (C=N–C) groups is 1. The number of hydrogen-bond acceptors (Lipinski definition) is 3. The van der Waals surface area contributed by atoms with Crippen molar-refractivity contribution in [2.24, 2.45) is 10.7 Å². The fourth-order valence-corrected chi connectivity index (χ4v) is 2.33. The van der Waals surface area contributed by atoms with Gasteiger partial charge in [-0.25, -0.2) is 9.98 Å². The average molecular weight is 390 g/mol. The van der Waals surface area contributed by atoms with Crippen LogP contribution < -0.4 is 11.1 Å². The van der Waals surface area contributed by atoms with Crippen LogP contribution in [0.25, 0.3) is 0 Å². The van der Waals surface area contributed by atoms with Crippen molar-refractivity contribution >= 4 is 5.96 Å². The monoisotopic (exact) mass is 390 g/mol. The Morgan fingerprint density at radius 3 is 2.48 bits per heavy atom. The minimum atomic E-state index is -4.92. The predicted molar refractivity (Wildman–Crippen MR) is 81.8 cm³/mol. The smallest absolute Gasteiger partial charge is 0.369 e. The van der Waals surface area contributed by atoms with Gasteiger partial charge in [-0.2, -0.15) is 31.6 Å². The Morgan fingerprint density at radius 2 is 1.96 bits per heavy atom. The number of nitrogens with one attached hydrogen (secondary N) is 1. The first-order valence-corrected chi connectivity index (χ1v) is 7.25. The lowest BCUT2D eigenvalue weighted by Gasteiger charge is -2.21. The summed E-state index contributed by atoms with van der Waals surface area (Å²) in [5.74, 6) is -0.534. The maximum Gasteiger partial charge on any atom is 0.416 e. The number of nitrogens with two attached hydrogens (primary N) is 1. The Morgan fingerprint density at radius 1 is 1.26 bits per heavy atom. The molecule has 0 spiro atoms. The van der Waals surface area contributed by atoms with E-state index >= 15 is 0 Å². The molecule has 1 aromatic heterocycles. The zero-order valence-electron chi connectivity index (χ0n) is 13.4. The topological polar surface area (TPSA) is 92.0 Å². The highest BCUT2D eigenvalue weighted by Gasteiger charge is 2.38. The van der Waals surface area contributed by atoms with Crippen molar-refractivity contribution in [3.63, 3.8) is 0 Å². The molecule has 1 aromatic carbocycles. The first kappa shape index (κ1) is 20.1. The summed E-state index contributed by atoms with van der Waals surface area (Å²) in [5, 5.41) is 10.5. The van der Waals surface area contributed by atoms with Crippen LogP contribution in [0.3, 0.4) is 0 Å². The molecule has 0 fully saturated rings. The molecule has 0 saturated heterocycles. The van der Waals surface area contributed by atoms with E-state index in [0.29, 0.717) is 18.2 Å². The van der Waals surface area contributed by atoms with E-state index in [0.717, 1.165) is 0 Å². The SMILES string of the molecule is N#CNC(N)=NC(Cn1ccnc1)c1cc(C(F)(F)F)ccc1C(F)(F)F. The molecule has 3 N–H and O–H groups in total. The Hall–Kier alpha value is -3.23. The lowest BCUT2D eigenvalue weighted by molar-refractivity contribution is -0.142. The molecule has 144 valence electrons. The lowest BCUT2D eigenvalue weighted by atomic mass is 9.97. The normalized spacial score (nSPS) is 13.9. The van der Waals surface area contributed by atoms with Crippen molar-refractivity contribution < 1.29 is 26.3 Å². The third kappa shape index (κ3) is 5.13. The van der Waals surface area contributed by atoms with Gasteiger partial charge in [0.25, 0.3) is 0 Å². The van der Waals surface area contributed by atoms with Gasteiger partial charge in [0, 0.05) is 12.4 Å². The molecule has 0 bridgehead atoms. The minimum Gasteiger partial charge on any atom is -0.369 e. The maximum absolute atomic E-state index is 13.4. The molecule has 12 heteroatoms. The fraction of sp³-hybridized carbons (Fsp3) is 0.267. The summed E-state index contributed by atoms with van der Waals surface area (Å²) < 4.78 is 80.4. The highest BCUT2D eigenvalue weighted by molar-refractivity contribution is 5.79. The van der Waals surface area contributed by atoms with Gasteiger partial charge in [-0.15, -0.1) is 0 Å². The highest BCUT2D eigenvalue weighted by atomic mass is 19.4. The summed E-state index contributed by atoms with van der Waals surface area (Å²) in [4.78, 5) is 7.48. The zero-order valence-corrected chi connectivity index (χ0v) is 13.4. The number of rotatable bonds is 4. The molecule has 0 aliphatic rings. The van der Waals surface area contributed by atoms with Crippen LogP contribution in [0.4, 0.5) is 26.3 Å². The van der Waals surface area contributed by atoms with Crippen LogP contribution in [0.5, 0.6) is 0 Å². The van der Waals surface area contributed by atoms with Crippen LogP contribution in [0.15, 0.2) is 41.9 Å². The first-order valence-electron chi connectivity index (χ1n) is 7.25. The second kappa shape index (κ2) is 7.56. The molecular formula is C15H12F6N6. The number of aromatic nitrogens is 2. The van der Waals surface area contributed by atoms with Gasteiger partial charge in [0.15, 0.2) is 6.19 Å². The summed E-state index contributed by atoms with van der Waals surface area (Å²) in [6.07, 6.45) is -4.33. The second-order valence-electron chi connectivity index (χ2n) is 5.32. The third-order valence-corrected chi connectivity index (χ3v) is 3.47. The number of hydrogen-bond donors (Lipinski definition) is 2. The summed E-state index contributed by atoms with van der Waals surface area (Å²) >= 11 is 0. The zero-order chi connectivity index (χ0) is 20.2. The summed E-state index contributed by atoms with van der Waals surface area (Å²) in [6, 6.07) is -0.379. The van der Waals surface area contributed by atoms with Crippen molar-refractivity contribution in [1.82, 2.24) is 14.9 Å². The molecule has 0 amide bonds. The van der Waals surface area contributed by atoms with Crippen molar-refractivity contribution in [2.75, 3.05) is 0 Å². The number of halogens is 6. The van der Waals surface area contributed by atoms with E-state index < -0.39 is 41.0 Å². The van der Waals surface area contributed by atoms with Crippen molar-refractivity contribution in [3.8, 4) is 6.19 Å². The Bertz CT molecular complexity index is 847. The van der Waals surface area contributed by atoms with E-state index in [2.05, 4.69) is 9.98 Å². The first-order chi connectivity index (χ1) is 12.5. The Labute approximate surface area is 148 Å². The number of nitriles is 1. The molecular weight excluding hydrogens is 378 g/mol. The van der Waals surface area contributed by atoms with E-state index in [4.69, 9.17) is 11.0 Å². The van der Waals surface area contributed by atoms with E-state index in [9.17, 15) is 26.3 Å². The van der Waals surface area contributed by atoms with Gasteiger partial charge in [0.2, 0.25) is 5.96 Å². The highest BCUT2D eigenvalue weighted by Crippen LogP contribution is 2.40. The standard InChI is InChI=1S/C15H12F6N6/c16-14(17,18)9-1-2-11(15(19,20)21)10(5-9)12(26-13(23)25-7-22)6-27-4-3-24-8-27/h1-5,8,12H,6H2,(H3,23,25,26). The van der Waals surface area contributed by atoms with E-state index in [-0.39, 0.29) is 6.54 Å². The summed E-state index contributed by atoms with van der Waals surface area (Å²) in [7, 11) is 0. The average Bonchev–Trinajstić information content (AvgIpc) is 3.05. The van der Waals surface area contributed by atoms with Crippen LogP contribution in [-0.4, -0.2) is 15.5 Å². The van der Waals surface area contributed by atoms with Crippen molar-refractivity contribution in [1.29, 1.82) is 5.26 Å². The van der Waals surface area contributed by atoms with Gasteiger partial charge < -0.3 is 10.3 Å². The molecule has 0 aliphatic heterocycles. The fourth-order valence-electron chi connectivity index (χ4n) is 2.33. The van der Waals surface area contributed by atoms with Crippen LogP contribution in [0.2, 0.25) is 0 Å². The Kier molecular flexibility index (Phi) is 5.63. The molecule has 0 aliphatic carbocycles. The minimum absolute atomic E-state index is 0.280. The maximum atomic E-state index is 13.4. The number of guanidine groups is 1. The van der Waals surface area contributed by atoms with Crippen LogP contribution in [-0.2, 0) is 18.9 Å². The van der Waals surface area contributed by atoms with Gasteiger partial charge >= 0.3 is 12.4 Å². The number of nitrogens with zero attached hydrogens (tertiary/aromatic N) is 4. The molecule has 0 radical (unpaired) electrons. The molecule has 1 heterocycles. The molecule has 1 atom stereocenters. The molecule has 27 heavy (non-hydrogen) atoms. The summed E-state index contributed by atoms with van der Waals surface area (Å²) in [5.41, 5.74) is 2.15. The largest absolute Gasteiger partial charge is 0.416 e. The van der Waals surface area contributed by atoms with E-state index in [1.165, 1.54) is 29.5 Å². The van der Waals surface area contributed by atoms with Crippen LogP contribution >= 0.6 is 0 Å². The van der Waals surface area contributed by atoms with Crippen LogP contribution in [0, 0.1) is 11.5 Å². The van der Waals surface area contributed by atoms with Crippen molar-refractivity contribution in [2.45, 2.75) is 24.9 Å². The molecule has 1 unspecified atom stereocenters. The lowest BCUT2D eigenvalue weighted by Crippen LogP contribution is -2.29. The van der Waals surface area contributed by atoms with Gasteiger partial charge in [-0.05, 0) is 23.8 Å². The number of benzene rings is 1. The third-order valence-electron chi connectivity index (χ3n) is 3.47. The molecule has 0 saturated carbocycles. The quantitative estimate of drug-likeness (QED) is 0.276. The Balaban J connectivity index is 2.63. The predicted octanol–water partition coefficient (Wildman–Crippen LogP) is 3.05. The number of imidazole rings is 1. The van der Waals surface area contributed by atoms with E-state index in [1.807, 2.05) is 5.32 Å². The van der Waals surface area contributed by atoms with Gasteiger partial charge in [0.1, 0.15) is 0 Å². The molecule has 6 nitrogen and oxygen atoms in total. The summed E-state index contributed by atoms with van der Waals surface area (Å²) in [6.45, 7) is -0.280. The van der Waals surface area contributed by atoms with Crippen LogP contribution in [0.1, 0.15) is 22.7 Å². The second-order valence-corrected chi connectivity index (χ2v) is 5.32. The molecule has 2 aromatic rings. The van der Waals surface area contributed by atoms with E-state index in [1.54, 1.807) is 0 Å². The van der Waals surface area contributed by atoms with Gasteiger partial charge in [-0.3, -0.25) is 5.32 Å². The van der Waals surface area contributed by atoms with Crippen molar-refractivity contribution in [3.05, 3.63) is 53.6 Å². The number of alkyl halides is 6. The van der Waals surface area contributed by atoms with Gasteiger partial charge in [0.05, 0.1) is 30.0 Å².